The summed E-state index contributed by atoms with van der Waals surface area (Å²) < 4.78 is 5.53. The molecule has 0 fully saturated rings. The summed E-state index contributed by atoms with van der Waals surface area (Å²) in [5.74, 6) is 0.479. The van der Waals surface area contributed by atoms with Crippen molar-refractivity contribution >= 4 is 16.9 Å². The molecule has 0 N–H and O–H groups in total. The van der Waals surface area contributed by atoms with Crippen LogP contribution < -0.4 is 0 Å². The van der Waals surface area contributed by atoms with Crippen LogP contribution in [-0.4, -0.2) is 10.8 Å². The van der Waals surface area contributed by atoms with Gasteiger partial charge in [0.2, 0.25) is 5.89 Å². The van der Waals surface area contributed by atoms with Gasteiger partial charge in [0.25, 0.3) is 0 Å². The molecule has 3 heteroatoms. The van der Waals surface area contributed by atoms with Gasteiger partial charge in [-0.3, -0.25) is 4.79 Å². The number of para-hydroxylation sites is 2. The van der Waals surface area contributed by atoms with Gasteiger partial charge in [0, 0.05) is 5.56 Å². The average molecular weight is 237 g/mol. The zero-order valence-electron chi connectivity index (χ0n) is 9.67. The van der Waals surface area contributed by atoms with E-state index in [-0.39, 0.29) is 12.2 Å². The number of aromatic nitrogens is 1. The van der Waals surface area contributed by atoms with Gasteiger partial charge in [0.05, 0.1) is 6.42 Å². The fraction of sp³-hybridized carbons (Fsp3) is 0.0667. The molecule has 0 radical (unpaired) electrons. The normalized spacial score (nSPS) is 10.7. The highest BCUT2D eigenvalue weighted by atomic mass is 16.3. The van der Waals surface area contributed by atoms with E-state index in [9.17, 15) is 4.79 Å². The number of hydrogen-bond acceptors (Lipinski definition) is 3. The highest BCUT2D eigenvalue weighted by Gasteiger charge is 2.11. The van der Waals surface area contributed by atoms with Crippen LogP contribution >= 0.6 is 0 Å². The van der Waals surface area contributed by atoms with E-state index in [1.165, 1.54) is 0 Å². The van der Waals surface area contributed by atoms with Crippen LogP contribution in [0.2, 0.25) is 0 Å². The monoisotopic (exact) mass is 237 g/mol. The third-order valence-corrected chi connectivity index (χ3v) is 2.75. The Morgan fingerprint density at radius 2 is 1.72 bits per heavy atom. The van der Waals surface area contributed by atoms with E-state index in [0.717, 1.165) is 5.52 Å². The molecule has 0 unspecified atom stereocenters. The minimum atomic E-state index is 0.0159. The van der Waals surface area contributed by atoms with Crippen LogP contribution in [0.25, 0.3) is 11.1 Å². The van der Waals surface area contributed by atoms with Crippen LogP contribution in [0.4, 0.5) is 0 Å². The molecule has 0 bridgehead atoms. The first-order chi connectivity index (χ1) is 8.83. The van der Waals surface area contributed by atoms with E-state index in [1.807, 2.05) is 42.5 Å². The first-order valence-electron chi connectivity index (χ1n) is 5.75. The van der Waals surface area contributed by atoms with Crippen LogP contribution in [0.15, 0.2) is 59.0 Å². The van der Waals surface area contributed by atoms with Gasteiger partial charge in [0.15, 0.2) is 11.4 Å². The number of benzene rings is 2. The molecule has 0 amide bonds. The summed E-state index contributed by atoms with van der Waals surface area (Å²) in [4.78, 5) is 16.3. The zero-order chi connectivity index (χ0) is 12.4. The molecule has 88 valence electrons. The Balaban J connectivity index is 1.86. The number of carbonyl (C=O) groups excluding carboxylic acids is 1. The Morgan fingerprint density at radius 1 is 1.00 bits per heavy atom. The van der Waals surface area contributed by atoms with Gasteiger partial charge in [-0.15, -0.1) is 0 Å². The number of ketones is 1. The number of Topliss-reactive ketones (excluding diaryl/α,β-unsaturated/α-hetero) is 1. The lowest BCUT2D eigenvalue weighted by atomic mass is 10.1. The van der Waals surface area contributed by atoms with E-state index in [1.54, 1.807) is 12.1 Å². The number of rotatable bonds is 3. The van der Waals surface area contributed by atoms with Crippen molar-refractivity contribution in [2.24, 2.45) is 0 Å². The third-order valence-electron chi connectivity index (χ3n) is 2.75. The molecule has 0 saturated carbocycles. The second kappa shape index (κ2) is 4.45. The second-order valence-corrected chi connectivity index (χ2v) is 4.04. The van der Waals surface area contributed by atoms with E-state index in [0.29, 0.717) is 17.0 Å². The first kappa shape index (κ1) is 10.7. The van der Waals surface area contributed by atoms with Gasteiger partial charge in [0.1, 0.15) is 5.52 Å². The maximum atomic E-state index is 12.0. The highest BCUT2D eigenvalue weighted by molar-refractivity contribution is 5.97. The highest BCUT2D eigenvalue weighted by Crippen LogP contribution is 2.16. The first-order valence-corrected chi connectivity index (χ1v) is 5.75. The second-order valence-electron chi connectivity index (χ2n) is 4.04. The van der Waals surface area contributed by atoms with Crippen molar-refractivity contribution in [1.82, 2.24) is 4.98 Å². The Labute approximate surface area is 104 Å². The summed E-state index contributed by atoms with van der Waals surface area (Å²) in [7, 11) is 0. The Morgan fingerprint density at radius 3 is 2.50 bits per heavy atom. The van der Waals surface area contributed by atoms with Crippen molar-refractivity contribution < 1.29 is 9.21 Å². The zero-order valence-corrected chi connectivity index (χ0v) is 9.67. The van der Waals surface area contributed by atoms with Crippen molar-refractivity contribution in [2.45, 2.75) is 6.42 Å². The molecule has 1 aromatic heterocycles. The van der Waals surface area contributed by atoms with Crippen LogP contribution in [0.5, 0.6) is 0 Å². The number of nitrogens with zero attached hydrogens (tertiary/aromatic N) is 1. The fourth-order valence-electron chi connectivity index (χ4n) is 1.86. The SMILES string of the molecule is O=C(Cc1nc2ccccc2o1)c1ccccc1. The van der Waals surface area contributed by atoms with E-state index >= 15 is 0 Å². The summed E-state index contributed by atoms with van der Waals surface area (Å²) in [5, 5.41) is 0. The van der Waals surface area contributed by atoms with Crippen LogP contribution in [0.3, 0.4) is 0 Å². The Hall–Kier alpha value is -2.42. The molecular formula is C15H11NO2. The lowest BCUT2D eigenvalue weighted by Crippen LogP contribution is -2.03. The number of oxazole rings is 1. The van der Waals surface area contributed by atoms with Crippen molar-refractivity contribution in [3.63, 3.8) is 0 Å². The van der Waals surface area contributed by atoms with E-state index in [2.05, 4.69) is 4.98 Å². The molecule has 2 aromatic carbocycles. The fourth-order valence-corrected chi connectivity index (χ4v) is 1.86. The minimum absolute atomic E-state index is 0.0159. The van der Waals surface area contributed by atoms with Gasteiger partial charge in [-0.25, -0.2) is 4.98 Å². The molecule has 0 aliphatic heterocycles. The Bertz CT molecular complexity index is 653. The van der Waals surface area contributed by atoms with Crippen molar-refractivity contribution in [3.8, 4) is 0 Å². The van der Waals surface area contributed by atoms with Crippen LogP contribution in [0.1, 0.15) is 16.2 Å². The van der Waals surface area contributed by atoms with Crippen molar-refractivity contribution in [2.75, 3.05) is 0 Å². The lowest BCUT2D eigenvalue weighted by molar-refractivity contribution is 0.0986. The summed E-state index contributed by atoms with van der Waals surface area (Å²) in [6, 6.07) is 16.7. The molecular weight excluding hydrogens is 226 g/mol. The van der Waals surface area contributed by atoms with Crippen molar-refractivity contribution in [3.05, 3.63) is 66.1 Å². The number of carbonyl (C=O) groups is 1. The predicted molar refractivity (Wildman–Crippen MR) is 68.5 cm³/mol. The average Bonchev–Trinajstić information content (AvgIpc) is 2.82. The molecule has 3 aromatic rings. The van der Waals surface area contributed by atoms with Gasteiger partial charge < -0.3 is 4.42 Å². The summed E-state index contributed by atoms with van der Waals surface area (Å²) in [6.45, 7) is 0. The smallest absolute Gasteiger partial charge is 0.203 e. The molecule has 0 aliphatic rings. The molecule has 1 heterocycles. The maximum Gasteiger partial charge on any atom is 0.203 e. The molecule has 0 spiro atoms. The number of fused-ring (bicyclic) bond motifs is 1. The maximum absolute atomic E-state index is 12.0. The van der Waals surface area contributed by atoms with E-state index < -0.39 is 0 Å². The molecule has 3 rings (SSSR count). The van der Waals surface area contributed by atoms with Crippen molar-refractivity contribution in [1.29, 1.82) is 0 Å². The van der Waals surface area contributed by atoms with Crippen LogP contribution in [0, 0.1) is 0 Å². The largest absolute Gasteiger partial charge is 0.440 e. The summed E-state index contributed by atoms with van der Waals surface area (Å²) in [6.07, 6.45) is 0.193. The minimum Gasteiger partial charge on any atom is -0.440 e. The Kier molecular flexibility index (Phi) is 2.65. The predicted octanol–water partition coefficient (Wildman–Crippen LogP) is 3.25. The number of hydrogen-bond donors (Lipinski definition) is 0. The van der Waals surface area contributed by atoms with E-state index in [4.69, 9.17) is 4.42 Å². The van der Waals surface area contributed by atoms with Gasteiger partial charge >= 0.3 is 0 Å². The quantitative estimate of drug-likeness (QED) is 0.657. The lowest BCUT2D eigenvalue weighted by Gasteiger charge is -1.96. The van der Waals surface area contributed by atoms with Crippen LogP contribution in [-0.2, 0) is 6.42 Å². The molecule has 18 heavy (non-hydrogen) atoms. The third kappa shape index (κ3) is 2.02. The van der Waals surface area contributed by atoms with Gasteiger partial charge in [-0.05, 0) is 12.1 Å². The molecule has 0 aliphatic carbocycles. The summed E-state index contributed by atoms with van der Waals surface area (Å²) in [5.41, 5.74) is 2.18. The molecule has 3 nitrogen and oxygen atoms in total. The van der Waals surface area contributed by atoms with Gasteiger partial charge in [-0.2, -0.15) is 0 Å². The standard InChI is InChI=1S/C15H11NO2/c17-13(11-6-2-1-3-7-11)10-15-16-12-8-4-5-9-14(12)18-15/h1-9H,10H2. The summed E-state index contributed by atoms with van der Waals surface area (Å²) >= 11 is 0. The molecule has 0 atom stereocenters. The van der Waals surface area contributed by atoms with Gasteiger partial charge in [-0.1, -0.05) is 42.5 Å². The topological polar surface area (TPSA) is 43.1 Å². The molecule has 0 saturated heterocycles.